The number of hydrogen-bond acceptors (Lipinski definition) is 6. The normalized spacial score (nSPS) is 11.2. The van der Waals surface area contributed by atoms with Gasteiger partial charge in [0.15, 0.2) is 15.0 Å². The molecule has 0 saturated heterocycles. The fraction of sp³-hybridized carbons (Fsp3) is 0.389. The number of nitrogens with one attached hydrogen (secondary N) is 2. The molecule has 27 heavy (non-hydrogen) atoms. The molecule has 0 aliphatic rings. The van der Waals surface area contributed by atoms with Crippen LogP contribution >= 0.6 is 11.3 Å². The molecule has 146 valence electrons. The van der Waals surface area contributed by atoms with E-state index in [-0.39, 0.29) is 11.7 Å². The van der Waals surface area contributed by atoms with Crippen LogP contribution in [0.4, 0.5) is 10.8 Å². The minimum absolute atomic E-state index is 0.0258. The van der Waals surface area contributed by atoms with Gasteiger partial charge in [-0.1, -0.05) is 31.9 Å². The van der Waals surface area contributed by atoms with E-state index in [0.717, 1.165) is 18.4 Å². The van der Waals surface area contributed by atoms with E-state index in [1.807, 2.05) is 19.1 Å². The quantitative estimate of drug-likeness (QED) is 0.618. The molecule has 1 heterocycles. The Bertz CT molecular complexity index is 890. The van der Waals surface area contributed by atoms with Crippen molar-refractivity contribution in [2.75, 3.05) is 22.1 Å². The molecule has 2 amide bonds. The fourth-order valence-corrected chi connectivity index (χ4v) is 4.39. The molecule has 2 N–H and O–H groups in total. The lowest BCUT2D eigenvalue weighted by atomic mass is 10.1. The van der Waals surface area contributed by atoms with Crippen LogP contribution in [0, 0.1) is 0 Å². The number of rotatable bonds is 9. The molecule has 0 bridgehead atoms. The summed E-state index contributed by atoms with van der Waals surface area (Å²) in [6, 6.07) is 7.14. The average molecular weight is 410 g/mol. The highest BCUT2D eigenvalue weighted by Crippen LogP contribution is 2.26. The van der Waals surface area contributed by atoms with Crippen molar-refractivity contribution < 1.29 is 18.0 Å². The van der Waals surface area contributed by atoms with Crippen molar-refractivity contribution in [3.8, 4) is 11.3 Å². The van der Waals surface area contributed by atoms with Gasteiger partial charge in [-0.05, 0) is 18.6 Å². The molecule has 0 spiro atoms. The number of thiazole rings is 1. The molecule has 0 aliphatic carbocycles. The predicted octanol–water partition coefficient (Wildman–Crippen LogP) is 3.31. The van der Waals surface area contributed by atoms with E-state index in [1.165, 1.54) is 18.3 Å². The van der Waals surface area contributed by atoms with E-state index in [2.05, 4.69) is 15.6 Å². The zero-order valence-electron chi connectivity index (χ0n) is 15.3. The lowest BCUT2D eigenvalue weighted by Crippen LogP contribution is -2.24. The number of aromatic nitrogens is 1. The molecular formula is C18H23N3O4S2. The molecular weight excluding hydrogens is 386 g/mol. The predicted molar refractivity (Wildman–Crippen MR) is 109 cm³/mol. The summed E-state index contributed by atoms with van der Waals surface area (Å²) >= 11 is 1.23. The van der Waals surface area contributed by atoms with E-state index in [0.29, 0.717) is 22.9 Å². The van der Waals surface area contributed by atoms with Crippen LogP contribution in [-0.2, 0) is 19.4 Å². The first-order valence-electron chi connectivity index (χ1n) is 8.63. The third kappa shape index (κ3) is 7.10. The van der Waals surface area contributed by atoms with Gasteiger partial charge < -0.3 is 10.6 Å². The van der Waals surface area contributed by atoms with Gasteiger partial charge in [-0.15, -0.1) is 11.3 Å². The minimum atomic E-state index is -3.40. The van der Waals surface area contributed by atoms with Gasteiger partial charge in [0.05, 0.1) is 11.4 Å². The maximum Gasteiger partial charge on any atom is 0.241 e. The van der Waals surface area contributed by atoms with Crippen molar-refractivity contribution in [1.29, 1.82) is 0 Å². The monoisotopic (exact) mass is 409 g/mol. The topological polar surface area (TPSA) is 105 Å². The summed E-state index contributed by atoms with van der Waals surface area (Å²) in [5, 5.41) is 7.36. The number of anilines is 2. The van der Waals surface area contributed by atoms with Crippen molar-refractivity contribution in [2.24, 2.45) is 0 Å². The van der Waals surface area contributed by atoms with E-state index in [9.17, 15) is 18.0 Å². The van der Waals surface area contributed by atoms with Crippen LogP contribution in [0.25, 0.3) is 11.3 Å². The molecule has 1 aromatic heterocycles. The first-order chi connectivity index (χ1) is 12.8. The van der Waals surface area contributed by atoms with Gasteiger partial charge in [-0.2, -0.15) is 0 Å². The lowest BCUT2D eigenvalue weighted by Gasteiger charge is -2.04. The van der Waals surface area contributed by atoms with Gasteiger partial charge in [0.2, 0.25) is 11.8 Å². The first-order valence-corrected chi connectivity index (χ1v) is 11.3. The Kier molecular flexibility index (Phi) is 7.49. The van der Waals surface area contributed by atoms with Crippen molar-refractivity contribution in [3.05, 3.63) is 29.6 Å². The lowest BCUT2D eigenvalue weighted by molar-refractivity contribution is -0.114. The maximum atomic E-state index is 12.0. The van der Waals surface area contributed by atoms with Crippen LogP contribution < -0.4 is 10.6 Å². The number of sulfone groups is 1. The van der Waals surface area contributed by atoms with Gasteiger partial charge in [0.25, 0.3) is 0 Å². The van der Waals surface area contributed by atoms with Crippen molar-refractivity contribution in [1.82, 2.24) is 4.98 Å². The second-order valence-corrected chi connectivity index (χ2v) is 9.19. The zero-order valence-corrected chi connectivity index (χ0v) is 17.0. The molecule has 0 unspecified atom stereocenters. The fourth-order valence-electron chi connectivity index (χ4n) is 2.39. The summed E-state index contributed by atoms with van der Waals surface area (Å²) in [5.74, 6) is -1.23. The van der Waals surface area contributed by atoms with E-state index < -0.39 is 21.5 Å². The molecule has 2 rings (SSSR count). The van der Waals surface area contributed by atoms with Gasteiger partial charge in [0.1, 0.15) is 5.75 Å². The van der Waals surface area contributed by atoms with Crippen LogP contribution in [0.3, 0.4) is 0 Å². The standard InChI is InChI=1S/C18H23N3O4S2/c1-3-4-5-10-27(24,25)12-17(23)21-18-20-16(11-26-18)14-6-8-15(9-7-14)19-13(2)22/h6-9,11H,3-5,10,12H2,1-2H3,(H,19,22)(H,20,21,23). The largest absolute Gasteiger partial charge is 0.326 e. The summed E-state index contributed by atoms with van der Waals surface area (Å²) in [6.45, 7) is 3.43. The van der Waals surface area contributed by atoms with E-state index in [1.54, 1.807) is 17.5 Å². The molecule has 0 fully saturated rings. The Balaban J connectivity index is 1.95. The second-order valence-electron chi connectivity index (χ2n) is 6.14. The Labute approximate surface area is 163 Å². The molecule has 0 saturated carbocycles. The zero-order chi connectivity index (χ0) is 19.9. The summed E-state index contributed by atoms with van der Waals surface area (Å²) in [6.07, 6.45) is 2.33. The van der Waals surface area contributed by atoms with Gasteiger partial charge in [-0.25, -0.2) is 13.4 Å². The van der Waals surface area contributed by atoms with Gasteiger partial charge in [0, 0.05) is 23.6 Å². The van der Waals surface area contributed by atoms with Crippen LogP contribution in [-0.4, -0.2) is 36.7 Å². The minimum Gasteiger partial charge on any atom is -0.326 e. The number of amides is 2. The number of benzene rings is 1. The van der Waals surface area contributed by atoms with Crippen molar-refractivity contribution >= 4 is 43.8 Å². The molecule has 7 nitrogen and oxygen atoms in total. The number of carbonyl (C=O) groups is 2. The maximum absolute atomic E-state index is 12.0. The van der Waals surface area contributed by atoms with Gasteiger partial charge >= 0.3 is 0 Å². The third-order valence-electron chi connectivity index (χ3n) is 3.66. The molecule has 9 heteroatoms. The molecule has 0 atom stereocenters. The van der Waals surface area contributed by atoms with Crippen molar-refractivity contribution in [3.63, 3.8) is 0 Å². The van der Waals surface area contributed by atoms with Crippen LogP contribution in [0.15, 0.2) is 29.6 Å². The Morgan fingerprint density at radius 2 is 1.81 bits per heavy atom. The first kappa shape index (κ1) is 21.0. The highest BCUT2D eigenvalue weighted by Gasteiger charge is 2.17. The average Bonchev–Trinajstić information content (AvgIpc) is 3.02. The summed E-state index contributed by atoms with van der Waals surface area (Å²) in [7, 11) is -3.40. The van der Waals surface area contributed by atoms with E-state index in [4.69, 9.17) is 0 Å². The Morgan fingerprint density at radius 1 is 1.11 bits per heavy atom. The molecule has 0 aliphatic heterocycles. The highest BCUT2D eigenvalue weighted by atomic mass is 32.2. The van der Waals surface area contributed by atoms with E-state index >= 15 is 0 Å². The molecule has 2 aromatic rings. The summed E-state index contributed by atoms with van der Waals surface area (Å²) < 4.78 is 23.9. The number of hydrogen-bond donors (Lipinski definition) is 2. The number of nitrogens with zero attached hydrogens (tertiary/aromatic N) is 1. The summed E-state index contributed by atoms with van der Waals surface area (Å²) in [5.41, 5.74) is 2.17. The smallest absolute Gasteiger partial charge is 0.241 e. The Hall–Kier alpha value is -2.26. The van der Waals surface area contributed by atoms with Crippen LogP contribution in [0.1, 0.15) is 33.1 Å². The molecule has 1 aromatic carbocycles. The van der Waals surface area contributed by atoms with Crippen LogP contribution in [0.5, 0.6) is 0 Å². The highest BCUT2D eigenvalue weighted by molar-refractivity contribution is 7.92. The van der Waals surface area contributed by atoms with Crippen LogP contribution in [0.2, 0.25) is 0 Å². The molecule has 0 radical (unpaired) electrons. The number of unbranched alkanes of at least 4 members (excludes halogenated alkanes) is 2. The third-order valence-corrected chi connectivity index (χ3v) is 6.03. The summed E-state index contributed by atoms with van der Waals surface area (Å²) in [4.78, 5) is 27.4. The second kappa shape index (κ2) is 9.61. The number of carbonyl (C=O) groups excluding carboxylic acids is 2. The van der Waals surface area contributed by atoms with Crippen molar-refractivity contribution in [2.45, 2.75) is 33.1 Å². The van der Waals surface area contributed by atoms with Gasteiger partial charge in [-0.3, -0.25) is 9.59 Å². The SMILES string of the molecule is CCCCCS(=O)(=O)CC(=O)Nc1nc(-c2ccc(NC(C)=O)cc2)cs1. The Morgan fingerprint density at radius 3 is 2.44 bits per heavy atom.